The van der Waals surface area contributed by atoms with Gasteiger partial charge in [-0.15, -0.1) is 0 Å². The highest BCUT2D eigenvalue weighted by Gasteiger charge is 2.30. The van der Waals surface area contributed by atoms with E-state index in [9.17, 15) is 18.0 Å². The molecule has 1 heterocycles. The van der Waals surface area contributed by atoms with Crippen molar-refractivity contribution in [1.82, 2.24) is 9.97 Å². The standard InChI is InChI=1S/C23H15ClF3N3OS/c24-16-9-10-19-18(12-16)22(30-21(29-19)14-5-2-1-3-6-14)32-13-20(31)28-17-8-4-7-15(11-17)23(25,26)27/h1-12H,13H2,(H,28,31). The number of carbonyl (C=O) groups is 1. The number of carbonyl (C=O) groups excluding carboxylic acids is 1. The first-order valence-electron chi connectivity index (χ1n) is 9.42. The number of thioether (sulfide) groups is 1. The molecule has 0 saturated carbocycles. The highest BCUT2D eigenvalue weighted by molar-refractivity contribution is 8.00. The van der Waals surface area contributed by atoms with E-state index in [-0.39, 0.29) is 11.4 Å². The van der Waals surface area contributed by atoms with Crippen LogP contribution in [-0.2, 0) is 11.0 Å². The number of fused-ring (bicyclic) bond motifs is 1. The average Bonchev–Trinajstić information content (AvgIpc) is 2.77. The van der Waals surface area contributed by atoms with Gasteiger partial charge in [-0.2, -0.15) is 13.2 Å². The molecule has 0 aliphatic carbocycles. The lowest BCUT2D eigenvalue weighted by atomic mass is 10.2. The maximum atomic E-state index is 12.9. The summed E-state index contributed by atoms with van der Waals surface area (Å²) in [4.78, 5) is 21.6. The Morgan fingerprint density at radius 3 is 2.50 bits per heavy atom. The number of halogens is 4. The van der Waals surface area contributed by atoms with E-state index in [2.05, 4.69) is 15.3 Å². The predicted molar refractivity (Wildman–Crippen MR) is 121 cm³/mol. The van der Waals surface area contributed by atoms with Gasteiger partial charge in [0.15, 0.2) is 5.82 Å². The van der Waals surface area contributed by atoms with E-state index in [4.69, 9.17) is 11.6 Å². The van der Waals surface area contributed by atoms with Crippen LogP contribution in [0.5, 0.6) is 0 Å². The molecule has 3 aromatic carbocycles. The Balaban J connectivity index is 1.57. The minimum absolute atomic E-state index is 0.0525. The monoisotopic (exact) mass is 473 g/mol. The zero-order valence-electron chi connectivity index (χ0n) is 16.4. The molecule has 4 nitrogen and oxygen atoms in total. The van der Waals surface area contributed by atoms with Gasteiger partial charge in [0.25, 0.3) is 0 Å². The van der Waals surface area contributed by atoms with Gasteiger partial charge < -0.3 is 5.32 Å². The van der Waals surface area contributed by atoms with Crippen LogP contribution < -0.4 is 5.32 Å². The number of aromatic nitrogens is 2. The highest BCUT2D eigenvalue weighted by Crippen LogP contribution is 2.32. The normalized spacial score (nSPS) is 11.5. The summed E-state index contributed by atoms with van der Waals surface area (Å²) in [5, 5.41) is 4.25. The molecule has 0 atom stereocenters. The van der Waals surface area contributed by atoms with E-state index in [1.807, 2.05) is 30.3 Å². The first-order valence-corrected chi connectivity index (χ1v) is 10.8. The Hall–Kier alpha value is -3.10. The van der Waals surface area contributed by atoms with Gasteiger partial charge in [-0.1, -0.05) is 59.8 Å². The molecule has 0 bridgehead atoms. The van der Waals surface area contributed by atoms with E-state index in [1.54, 1.807) is 18.2 Å². The number of anilines is 1. The quantitative estimate of drug-likeness (QED) is 0.259. The summed E-state index contributed by atoms with van der Waals surface area (Å²) in [6.45, 7) is 0. The van der Waals surface area contributed by atoms with Gasteiger partial charge in [0.05, 0.1) is 16.8 Å². The molecule has 32 heavy (non-hydrogen) atoms. The van der Waals surface area contributed by atoms with Crippen LogP contribution in [0.1, 0.15) is 5.56 Å². The fourth-order valence-electron chi connectivity index (χ4n) is 3.00. The second-order valence-corrected chi connectivity index (χ2v) is 8.20. The number of benzene rings is 3. The molecule has 4 aromatic rings. The molecule has 0 aliphatic rings. The van der Waals surface area contributed by atoms with E-state index in [0.29, 0.717) is 26.8 Å². The molecular formula is C23H15ClF3N3OS. The Kier molecular flexibility index (Phi) is 6.34. The second-order valence-electron chi connectivity index (χ2n) is 6.80. The van der Waals surface area contributed by atoms with Crippen molar-refractivity contribution in [2.45, 2.75) is 11.2 Å². The summed E-state index contributed by atoms with van der Waals surface area (Å²) in [5.74, 6) is -0.00564. The predicted octanol–water partition coefficient (Wildman–Crippen LogP) is 6.70. The number of hydrogen-bond donors (Lipinski definition) is 1. The minimum atomic E-state index is -4.48. The lowest BCUT2D eigenvalue weighted by Gasteiger charge is -2.11. The van der Waals surface area contributed by atoms with Gasteiger partial charge >= 0.3 is 6.18 Å². The summed E-state index contributed by atoms with van der Waals surface area (Å²) in [7, 11) is 0. The SMILES string of the molecule is O=C(CSc1nc(-c2ccccc2)nc2ccc(Cl)cc12)Nc1cccc(C(F)(F)F)c1. The molecule has 0 unspecified atom stereocenters. The first kappa shape index (κ1) is 22.1. The molecule has 0 aliphatic heterocycles. The Labute approximate surface area is 190 Å². The number of amides is 1. The van der Waals surface area contributed by atoms with Gasteiger partial charge in [0.1, 0.15) is 5.03 Å². The number of alkyl halides is 3. The summed E-state index contributed by atoms with van der Waals surface area (Å²) < 4.78 is 38.7. The molecule has 1 N–H and O–H groups in total. The van der Waals surface area contributed by atoms with Crippen LogP contribution in [0.3, 0.4) is 0 Å². The number of rotatable bonds is 5. The molecule has 162 valence electrons. The zero-order valence-corrected chi connectivity index (χ0v) is 17.9. The van der Waals surface area contributed by atoms with Gasteiger partial charge in [-0.3, -0.25) is 4.79 Å². The van der Waals surface area contributed by atoms with Crippen molar-refractivity contribution in [3.63, 3.8) is 0 Å². The molecule has 0 saturated heterocycles. The fourth-order valence-corrected chi connectivity index (χ4v) is 3.99. The third-order valence-electron chi connectivity index (χ3n) is 4.47. The van der Waals surface area contributed by atoms with E-state index in [1.165, 1.54) is 12.1 Å². The van der Waals surface area contributed by atoms with Gasteiger partial charge in [-0.05, 0) is 36.4 Å². The Morgan fingerprint density at radius 1 is 0.969 bits per heavy atom. The van der Waals surface area contributed by atoms with Crippen LogP contribution in [0.2, 0.25) is 5.02 Å². The lowest BCUT2D eigenvalue weighted by molar-refractivity contribution is -0.137. The van der Waals surface area contributed by atoms with Crippen LogP contribution in [0, 0.1) is 0 Å². The van der Waals surface area contributed by atoms with Crippen molar-refractivity contribution in [3.8, 4) is 11.4 Å². The molecule has 1 aromatic heterocycles. The van der Waals surface area contributed by atoms with E-state index >= 15 is 0 Å². The third-order valence-corrected chi connectivity index (χ3v) is 5.69. The molecular weight excluding hydrogens is 459 g/mol. The average molecular weight is 474 g/mol. The van der Waals surface area contributed by atoms with Crippen LogP contribution >= 0.6 is 23.4 Å². The minimum Gasteiger partial charge on any atom is -0.325 e. The van der Waals surface area contributed by atoms with Crippen LogP contribution in [0.25, 0.3) is 22.3 Å². The van der Waals surface area contributed by atoms with Crippen LogP contribution in [-0.4, -0.2) is 21.6 Å². The third kappa shape index (κ3) is 5.20. The van der Waals surface area contributed by atoms with Crippen molar-refractivity contribution >= 4 is 45.9 Å². The maximum Gasteiger partial charge on any atom is 0.416 e. The summed E-state index contributed by atoms with van der Waals surface area (Å²) in [6, 6.07) is 19.1. The molecule has 4 rings (SSSR count). The summed E-state index contributed by atoms with van der Waals surface area (Å²) >= 11 is 7.29. The van der Waals surface area contributed by atoms with Gasteiger partial charge in [0, 0.05) is 21.7 Å². The Bertz CT molecular complexity index is 1280. The largest absolute Gasteiger partial charge is 0.416 e. The Morgan fingerprint density at radius 2 is 1.75 bits per heavy atom. The highest BCUT2D eigenvalue weighted by atomic mass is 35.5. The maximum absolute atomic E-state index is 12.9. The van der Waals surface area contributed by atoms with Gasteiger partial charge in [-0.25, -0.2) is 9.97 Å². The van der Waals surface area contributed by atoms with E-state index in [0.717, 1.165) is 29.5 Å². The zero-order chi connectivity index (χ0) is 22.7. The number of nitrogens with one attached hydrogen (secondary N) is 1. The van der Waals surface area contributed by atoms with Gasteiger partial charge in [0.2, 0.25) is 5.91 Å². The first-order chi connectivity index (χ1) is 15.3. The van der Waals surface area contributed by atoms with Crippen molar-refractivity contribution in [1.29, 1.82) is 0 Å². The topological polar surface area (TPSA) is 54.9 Å². The number of hydrogen-bond acceptors (Lipinski definition) is 4. The van der Waals surface area contributed by atoms with Crippen molar-refractivity contribution in [2.75, 3.05) is 11.1 Å². The molecule has 1 amide bonds. The van der Waals surface area contributed by atoms with Crippen LogP contribution in [0.15, 0.2) is 77.8 Å². The summed E-state index contributed by atoms with van der Waals surface area (Å²) in [6.07, 6.45) is -4.48. The van der Waals surface area contributed by atoms with E-state index < -0.39 is 17.6 Å². The van der Waals surface area contributed by atoms with Crippen molar-refractivity contribution in [3.05, 3.63) is 83.4 Å². The van der Waals surface area contributed by atoms with Crippen molar-refractivity contribution in [2.24, 2.45) is 0 Å². The smallest absolute Gasteiger partial charge is 0.325 e. The van der Waals surface area contributed by atoms with Crippen LogP contribution in [0.4, 0.5) is 18.9 Å². The van der Waals surface area contributed by atoms with Crippen molar-refractivity contribution < 1.29 is 18.0 Å². The second kappa shape index (κ2) is 9.18. The molecule has 9 heteroatoms. The number of nitrogens with zero attached hydrogens (tertiary/aromatic N) is 2. The summed E-state index contributed by atoms with van der Waals surface area (Å²) in [5.41, 5.74) is 0.738. The molecule has 0 radical (unpaired) electrons. The lowest BCUT2D eigenvalue weighted by Crippen LogP contribution is -2.15. The molecule has 0 fully saturated rings. The molecule has 0 spiro atoms. The fraction of sp³-hybridized carbons (Fsp3) is 0.0870.